The number of carbonyl (C=O) groups excluding carboxylic acids is 1. The summed E-state index contributed by atoms with van der Waals surface area (Å²) in [6.45, 7) is 0.867. The van der Waals surface area contributed by atoms with Crippen molar-refractivity contribution in [3.05, 3.63) is 71.4 Å². The quantitative estimate of drug-likeness (QED) is 0.766. The lowest BCUT2D eigenvalue weighted by atomic mass is 9.97. The summed E-state index contributed by atoms with van der Waals surface area (Å²) in [5, 5.41) is 7.19. The van der Waals surface area contributed by atoms with Crippen LogP contribution in [0.1, 0.15) is 27.7 Å². The molecule has 26 heavy (non-hydrogen) atoms. The average Bonchev–Trinajstić information content (AvgIpc) is 3.21. The van der Waals surface area contributed by atoms with Crippen LogP contribution in [0.25, 0.3) is 11.3 Å². The van der Waals surface area contributed by atoms with Gasteiger partial charge in [-0.25, -0.2) is 4.39 Å². The largest absolute Gasteiger partial charge is 0.383 e. The highest BCUT2D eigenvalue weighted by atomic mass is 19.1. The number of hydrogen-bond donors (Lipinski definition) is 1. The molecule has 0 saturated heterocycles. The Kier molecular flexibility index (Phi) is 4.22. The van der Waals surface area contributed by atoms with Gasteiger partial charge < -0.3 is 9.64 Å². The highest BCUT2D eigenvalue weighted by molar-refractivity contribution is 6.00. The number of carbonyl (C=O) groups is 1. The van der Waals surface area contributed by atoms with Crippen molar-refractivity contribution >= 4 is 5.91 Å². The van der Waals surface area contributed by atoms with Crippen molar-refractivity contribution in [1.29, 1.82) is 0 Å². The van der Waals surface area contributed by atoms with Crippen LogP contribution in [0.15, 0.2) is 48.8 Å². The zero-order valence-electron chi connectivity index (χ0n) is 14.1. The molecule has 6 nitrogen and oxygen atoms in total. The first-order valence-corrected chi connectivity index (χ1v) is 8.24. The second-order valence-electron chi connectivity index (χ2n) is 6.05. The molecule has 4 rings (SSSR count). The van der Waals surface area contributed by atoms with E-state index in [1.54, 1.807) is 36.5 Å². The first-order valence-electron chi connectivity index (χ1n) is 8.24. The van der Waals surface area contributed by atoms with Gasteiger partial charge in [-0.15, -0.1) is 0 Å². The molecular weight excluding hydrogens is 335 g/mol. The minimum atomic E-state index is -0.319. The molecular formula is C19H17FN4O2. The number of rotatable bonds is 5. The van der Waals surface area contributed by atoms with Crippen LogP contribution < -0.4 is 0 Å². The highest BCUT2D eigenvalue weighted by Crippen LogP contribution is 2.42. The van der Waals surface area contributed by atoms with E-state index in [1.807, 2.05) is 12.1 Å². The van der Waals surface area contributed by atoms with E-state index in [1.165, 1.54) is 12.1 Å². The van der Waals surface area contributed by atoms with Crippen LogP contribution in [0.4, 0.5) is 4.39 Å². The molecule has 0 bridgehead atoms. The summed E-state index contributed by atoms with van der Waals surface area (Å²) in [6, 6.07) is 9.54. The Bertz CT molecular complexity index is 924. The van der Waals surface area contributed by atoms with E-state index in [4.69, 9.17) is 4.74 Å². The number of nitrogens with one attached hydrogen (secondary N) is 1. The fraction of sp³-hybridized carbons (Fsp3) is 0.211. The lowest BCUT2D eigenvalue weighted by molar-refractivity contribution is 0.0677. The summed E-state index contributed by atoms with van der Waals surface area (Å²) < 4.78 is 18.5. The summed E-state index contributed by atoms with van der Waals surface area (Å²) >= 11 is 0. The summed E-state index contributed by atoms with van der Waals surface area (Å²) in [5.41, 5.74) is 3.52. The maximum absolute atomic E-state index is 13.3. The Morgan fingerprint density at radius 3 is 2.77 bits per heavy atom. The van der Waals surface area contributed by atoms with Crippen molar-refractivity contribution in [2.75, 3.05) is 20.3 Å². The Morgan fingerprint density at radius 1 is 1.27 bits per heavy atom. The van der Waals surface area contributed by atoms with Crippen LogP contribution in [-0.2, 0) is 4.74 Å². The lowest BCUT2D eigenvalue weighted by Gasteiger charge is -2.25. The zero-order chi connectivity index (χ0) is 18.1. The average molecular weight is 352 g/mol. The van der Waals surface area contributed by atoms with Crippen molar-refractivity contribution in [3.8, 4) is 11.3 Å². The molecule has 132 valence electrons. The summed E-state index contributed by atoms with van der Waals surface area (Å²) in [5.74, 6) is -0.450. The molecule has 1 N–H and O–H groups in total. The van der Waals surface area contributed by atoms with Gasteiger partial charge in [0.05, 0.1) is 18.3 Å². The molecule has 3 heterocycles. The zero-order valence-corrected chi connectivity index (χ0v) is 14.1. The number of ether oxygens (including phenoxy) is 1. The van der Waals surface area contributed by atoms with Gasteiger partial charge in [-0.1, -0.05) is 6.07 Å². The second kappa shape index (κ2) is 6.68. The maximum Gasteiger partial charge on any atom is 0.273 e. The smallest absolute Gasteiger partial charge is 0.273 e. The van der Waals surface area contributed by atoms with E-state index < -0.39 is 0 Å². The van der Waals surface area contributed by atoms with Crippen LogP contribution in [0.2, 0.25) is 0 Å². The predicted octanol–water partition coefficient (Wildman–Crippen LogP) is 2.80. The second-order valence-corrected chi connectivity index (χ2v) is 6.05. The number of pyridine rings is 1. The number of benzene rings is 1. The number of H-pyrrole nitrogens is 1. The molecule has 0 saturated carbocycles. The molecule has 1 aliphatic rings. The number of nitrogens with zero attached hydrogens (tertiary/aromatic N) is 3. The molecule has 3 aromatic rings. The van der Waals surface area contributed by atoms with E-state index in [-0.39, 0.29) is 17.8 Å². The Morgan fingerprint density at radius 2 is 2.08 bits per heavy atom. The van der Waals surface area contributed by atoms with Gasteiger partial charge >= 0.3 is 0 Å². The number of aromatic amines is 1. The maximum atomic E-state index is 13.3. The minimum Gasteiger partial charge on any atom is -0.383 e. The fourth-order valence-electron chi connectivity index (χ4n) is 3.33. The summed E-state index contributed by atoms with van der Waals surface area (Å²) in [4.78, 5) is 18.8. The lowest BCUT2D eigenvalue weighted by Crippen LogP contribution is -2.32. The number of halogens is 1. The third-order valence-corrected chi connectivity index (χ3v) is 4.52. The van der Waals surface area contributed by atoms with Gasteiger partial charge in [0.1, 0.15) is 11.5 Å². The number of aromatic nitrogens is 3. The van der Waals surface area contributed by atoms with Crippen molar-refractivity contribution < 1.29 is 13.9 Å². The Balaban J connectivity index is 1.85. The van der Waals surface area contributed by atoms with E-state index >= 15 is 0 Å². The predicted molar refractivity (Wildman–Crippen MR) is 93.0 cm³/mol. The van der Waals surface area contributed by atoms with Crippen LogP contribution in [0.3, 0.4) is 0 Å². The Hall–Kier alpha value is -3.06. The fourth-order valence-corrected chi connectivity index (χ4v) is 3.33. The normalized spacial score (nSPS) is 16.2. The summed E-state index contributed by atoms with van der Waals surface area (Å²) in [6.07, 6.45) is 3.44. The van der Waals surface area contributed by atoms with Crippen molar-refractivity contribution in [2.45, 2.75) is 6.04 Å². The van der Waals surface area contributed by atoms with E-state index in [9.17, 15) is 9.18 Å². The van der Waals surface area contributed by atoms with Gasteiger partial charge in [0.15, 0.2) is 0 Å². The molecule has 1 atom stereocenters. The van der Waals surface area contributed by atoms with E-state index in [0.29, 0.717) is 24.5 Å². The SMILES string of the molecule is COCCN1C(=O)c2[nH]nc(-c3ccc(F)cc3)c2[C@@H]1c1cccnc1. The molecule has 0 aliphatic carbocycles. The Labute approximate surface area is 149 Å². The molecule has 1 amide bonds. The first kappa shape index (κ1) is 16.4. The number of hydrogen-bond acceptors (Lipinski definition) is 4. The van der Waals surface area contributed by atoms with E-state index in [2.05, 4.69) is 15.2 Å². The van der Waals surface area contributed by atoms with Gasteiger partial charge in [-0.2, -0.15) is 5.10 Å². The van der Waals surface area contributed by atoms with Gasteiger partial charge in [0.25, 0.3) is 5.91 Å². The molecule has 0 spiro atoms. The van der Waals surface area contributed by atoms with Crippen LogP contribution in [0.5, 0.6) is 0 Å². The molecule has 1 aliphatic heterocycles. The van der Waals surface area contributed by atoms with Crippen molar-refractivity contribution in [3.63, 3.8) is 0 Å². The highest BCUT2D eigenvalue weighted by Gasteiger charge is 2.41. The number of methoxy groups -OCH3 is 1. The molecule has 2 aromatic heterocycles. The number of amides is 1. The van der Waals surface area contributed by atoms with Gasteiger partial charge in [-0.05, 0) is 35.9 Å². The first-order chi connectivity index (χ1) is 12.7. The van der Waals surface area contributed by atoms with Gasteiger partial charge in [0.2, 0.25) is 0 Å². The van der Waals surface area contributed by atoms with Crippen LogP contribution in [-0.4, -0.2) is 46.2 Å². The van der Waals surface area contributed by atoms with Crippen LogP contribution >= 0.6 is 0 Å². The summed E-state index contributed by atoms with van der Waals surface area (Å²) in [7, 11) is 1.60. The standard InChI is InChI=1S/C19H17FN4O2/c1-26-10-9-24-18(13-3-2-8-21-11-13)15-16(22-23-17(15)19(24)25)12-4-6-14(20)7-5-12/h2-8,11,18H,9-10H2,1H3,(H,22,23)/t18-/m0/s1. The van der Waals surface area contributed by atoms with Crippen molar-refractivity contribution in [1.82, 2.24) is 20.1 Å². The third-order valence-electron chi connectivity index (χ3n) is 4.52. The van der Waals surface area contributed by atoms with Gasteiger partial charge in [0, 0.05) is 37.2 Å². The molecule has 0 unspecified atom stereocenters. The topological polar surface area (TPSA) is 71.1 Å². The monoisotopic (exact) mass is 352 g/mol. The molecule has 0 radical (unpaired) electrons. The van der Waals surface area contributed by atoms with Crippen molar-refractivity contribution in [2.24, 2.45) is 0 Å². The molecule has 0 fully saturated rings. The third kappa shape index (κ3) is 2.66. The number of fused-ring (bicyclic) bond motifs is 1. The molecule has 7 heteroatoms. The van der Waals surface area contributed by atoms with Crippen LogP contribution in [0, 0.1) is 5.82 Å². The molecule has 1 aromatic carbocycles. The minimum absolute atomic E-state index is 0.133. The van der Waals surface area contributed by atoms with Gasteiger partial charge in [-0.3, -0.25) is 14.9 Å². The van der Waals surface area contributed by atoms with E-state index in [0.717, 1.165) is 16.7 Å².